The Morgan fingerprint density at radius 3 is 2.15 bits per heavy atom. The van der Waals surface area contributed by atoms with E-state index < -0.39 is 18.3 Å². The number of carbonyl (C=O) groups excluding carboxylic acids is 1. The van der Waals surface area contributed by atoms with Crippen molar-refractivity contribution in [3.63, 3.8) is 0 Å². The number of nitrogens with one attached hydrogen (secondary N) is 1. The molecular weight excluding hydrogens is 494 g/mol. The molecule has 3 N–H and O–H groups in total. The lowest BCUT2D eigenvalue weighted by Gasteiger charge is -2.20. The highest BCUT2D eigenvalue weighted by Crippen LogP contribution is 2.44. The number of aliphatic hydroxyl groups is 2. The predicted molar refractivity (Wildman–Crippen MR) is 148 cm³/mol. The molecule has 0 radical (unpaired) electrons. The third-order valence-corrected chi connectivity index (χ3v) is 6.93. The highest BCUT2D eigenvalue weighted by Gasteiger charge is 2.29. The molecular formula is C32H31NO6. The molecule has 0 saturated carbocycles. The Hall–Kier alpha value is -4.33. The fourth-order valence-corrected chi connectivity index (χ4v) is 4.90. The quantitative estimate of drug-likeness (QED) is 0.263. The smallest absolute Gasteiger partial charge is 0.407 e. The number of benzene rings is 4. The molecule has 7 nitrogen and oxygen atoms in total. The van der Waals surface area contributed by atoms with Crippen LogP contribution in [-0.2, 0) is 11.3 Å². The maximum atomic E-state index is 12.5. The van der Waals surface area contributed by atoms with Gasteiger partial charge in [0.05, 0.1) is 7.11 Å². The normalized spacial score (nSPS) is 13.6. The first kappa shape index (κ1) is 26.3. The van der Waals surface area contributed by atoms with Gasteiger partial charge in [-0.1, -0.05) is 84.9 Å². The van der Waals surface area contributed by atoms with Crippen LogP contribution in [0.15, 0.2) is 97.1 Å². The molecule has 0 bridgehead atoms. The fraction of sp³-hybridized carbons (Fsp3) is 0.219. The molecule has 1 amide bonds. The van der Waals surface area contributed by atoms with Crippen molar-refractivity contribution in [1.82, 2.24) is 5.32 Å². The number of alkyl carbamates (subject to hydrolysis) is 1. The van der Waals surface area contributed by atoms with E-state index in [2.05, 4.69) is 17.4 Å². The Bertz CT molecular complexity index is 1380. The number of carbonyl (C=O) groups is 1. The van der Waals surface area contributed by atoms with Gasteiger partial charge in [0.1, 0.15) is 25.4 Å². The van der Waals surface area contributed by atoms with Crippen molar-refractivity contribution < 1.29 is 29.2 Å². The van der Waals surface area contributed by atoms with Crippen LogP contribution in [0.1, 0.15) is 34.3 Å². The Morgan fingerprint density at radius 2 is 1.49 bits per heavy atom. The summed E-state index contributed by atoms with van der Waals surface area (Å²) in [6, 6.07) is 30.8. The molecule has 0 saturated heterocycles. The largest absolute Gasteiger partial charge is 0.493 e. The number of aliphatic hydroxyl groups excluding tert-OH is 2. The Balaban J connectivity index is 1.16. The summed E-state index contributed by atoms with van der Waals surface area (Å²) >= 11 is 0. The van der Waals surface area contributed by atoms with E-state index in [1.165, 1.54) is 7.11 Å². The molecule has 0 fully saturated rings. The first-order valence-corrected chi connectivity index (χ1v) is 12.8. The molecule has 200 valence electrons. The predicted octanol–water partition coefficient (Wildman–Crippen LogP) is 5.21. The summed E-state index contributed by atoms with van der Waals surface area (Å²) in [4.78, 5) is 12.5. The van der Waals surface area contributed by atoms with Crippen molar-refractivity contribution in [1.29, 1.82) is 0 Å². The zero-order valence-corrected chi connectivity index (χ0v) is 21.6. The highest BCUT2D eigenvalue weighted by molar-refractivity contribution is 5.79. The van der Waals surface area contributed by atoms with Crippen LogP contribution < -0.4 is 14.8 Å². The summed E-state index contributed by atoms with van der Waals surface area (Å²) < 4.78 is 16.8. The summed E-state index contributed by atoms with van der Waals surface area (Å²) in [5.41, 5.74) is 5.94. The second kappa shape index (κ2) is 12.0. The van der Waals surface area contributed by atoms with E-state index in [9.17, 15) is 15.0 Å². The lowest BCUT2D eigenvalue weighted by atomic mass is 9.98. The van der Waals surface area contributed by atoms with Crippen molar-refractivity contribution >= 4 is 6.09 Å². The van der Waals surface area contributed by atoms with Crippen LogP contribution in [-0.4, -0.2) is 42.7 Å². The van der Waals surface area contributed by atoms with Gasteiger partial charge in [0.25, 0.3) is 0 Å². The standard InChI is InChI=1S/C32H31NO6/c1-37-29-16-15-22(17-30(29)38-19-21-9-3-2-4-10-21)31(35)28(34)18-33-32(36)39-20-27-25-13-7-5-11-23(25)24-12-6-8-14-26(24)27/h2-17,27-28,31,34-35H,18-20H2,1H3,(H,33,36). The van der Waals surface area contributed by atoms with E-state index in [0.29, 0.717) is 23.7 Å². The molecule has 0 heterocycles. The highest BCUT2D eigenvalue weighted by atomic mass is 16.5. The molecule has 4 aromatic rings. The minimum Gasteiger partial charge on any atom is -0.493 e. The van der Waals surface area contributed by atoms with Crippen LogP contribution in [0.2, 0.25) is 0 Å². The maximum absolute atomic E-state index is 12.5. The van der Waals surface area contributed by atoms with Crippen molar-refractivity contribution in [3.05, 3.63) is 119 Å². The van der Waals surface area contributed by atoms with Gasteiger partial charge in [-0.05, 0) is 45.5 Å². The summed E-state index contributed by atoms with van der Waals surface area (Å²) in [6.45, 7) is 0.297. The molecule has 5 rings (SSSR count). The van der Waals surface area contributed by atoms with Crippen molar-refractivity contribution in [2.24, 2.45) is 0 Å². The van der Waals surface area contributed by atoms with Crippen molar-refractivity contribution in [3.8, 4) is 22.6 Å². The number of rotatable bonds is 10. The van der Waals surface area contributed by atoms with Crippen LogP contribution in [0.4, 0.5) is 4.79 Å². The molecule has 1 aliphatic carbocycles. The van der Waals surface area contributed by atoms with Crippen molar-refractivity contribution in [2.45, 2.75) is 24.7 Å². The third kappa shape index (κ3) is 5.90. The minimum atomic E-state index is -1.26. The summed E-state index contributed by atoms with van der Waals surface area (Å²) in [7, 11) is 1.54. The zero-order chi connectivity index (χ0) is 27.2. The summed E-state index contributed by atoms with van der Waals surface area (Å²) in [5.74, 6) is 0.884. The number of hydrogen-bond acceptors (Lipinski definition) is 6. The van der Waals surface area contributed by atoms with E-state index >= 15 is 0 Å². The van der Waals surface area contributed by atoms with Crippen LogP contribution in [0.25, 0.3) is 11.1 Å². The Kier molecular flexibility index (Phi) is 8.10. The molecule has 2 atom stereocenters. The number of ether oxygens (including phenoxy) is 3. The number of hydrogen-bond donors (Lipinski definition) is 3. The van der Waals surface area contributed by atoms with Gasteiger partial charge in [-0.15, -0.1) is 0 Å². The van der Waals surface area contributed by atoms with Gasteiger partial charge in [0.15, 0.2) is 11.5 Å². The molecule has 2 unspecified atom stereocenters. The lowest BCUT2D eigenvalue weighted by molar-refractivity contribution is 0.0184. The van der Waals surface area contributed by atoms with Crippen LogP contribution in [0.5, 0.6) is 11.5 Å². The van der Waals surface area contributed by atoms with E-state index in [0.717, 1.165) is 27.8 Å². The summed E-state index contributed by atoms with van der Waals surface area (Å²) in [6.07, 6.45) is -3.19. The van der Waals surface area contributed by atoms with Crippen LogP contribution >= 0.6 is 0 Å². The number of methoxy groups -OCH3 is 1. The minimum absolute atomic E-state index is 0.0627. The zero-order valence-electron chi connectivity index (χ0n) is 21.6. The van der Waals surface area contributed by atoms with Crippen LogP contribution in [0.3, 0.4) is 0 Å². The van der Waals surface area contributed by atoms with E-state index in [1.54, 1.807) is 18.2 Å². The maximum Gasteiger partial charge on any atom is 0.407 e. The summed E-state index contributed by atoms with van der Waals surface area (Å²) in [5, 5.41) is 23.9. The van der Waals surface area contributed by atoms with Gasteiger partial charge in [-0.3, -0.25) is 0 Å². The topological polar surface area (TPSA) is 97.2 Å². The lowest BCUT2D eigenvalue weighted by Crippen LogP contribution is -2.36. The molecule has 39 heavy (non-hydrogen) atoms. The van der Waals surface area contributed by atoms with Gasteiger partial charge in [-0.2, -0.15) is 0 Å². The molecule has 0 spiro atoms. The van der Waals surface area contributed by atoms with Crippen LogP contribution in [0, 0.1) is 0 Å². The van der Waals surface area contributed by atoms with E-state index in [1.807, 2.05) is 66.7 Å². The van der Waals surface area contributed by atoms with E-state index in [4.69, 9.17) is 14.2 Å². The van der Waals surface area contributed by atoms with Gasteiger partial charge < -0.3 is 29.7 Å². The second-order valence-electron chi connectivity index (χ2n) is 9.40. The van der Waals surface area contributed by atoms with Gasteiger partial charge in [0.2, 0.25) is 0 Å². The number of fused-ring (bicyclic) bond motifs is 3. The van der Waals surface area contributed by atoms with Crippen molar-refractivity contribution in [2.75, 3.05) is 20.3 Å². The average molecular weight is 526 g/mol. The molecule has 1 aliphatic rings. The third-order valence-electron chi connectivity index (χ3n) is 6.93. The first-order chi connectivity index (χ1) is 19.0. The molecule has 0 aromatic heterocycles. The van der Waals surface area contributed by atoms with Gasteiger partial charge in [0, 0.05) is 12.5 Å². The second-order valence-corrected chi connectivity index (χ2v) is 9.40. The molecule has 4 aromatic carbocycles. The Morgan fingerprint density at radius 1 is 0.846 bits per heavy atom. The number of amides is 1. The SMILES string of the molecule is COc1ccc(C(O)C(O)CNC(=O)OCC2c3ccccc3-c3ccccc32)cc1OCc1ccccc1. The monoisotopic (exact) mass is 525 g/mol. The van der Waals surface area contributed by atoms with Gasteiger partial charge in [-0.25, -0.2) is 4.79 Å². The fourth-order valence-electron chi connectivity index (χ4n) is 4.90. The average Bonchev–Trinajstić information content (AvgIpc) is 3.31. The van der Waals surface area contributed by atoms with Gasteiger partial charge >= 0.3 is 6.09 Å². The molecule has 0 aliphatic heterocycles. The first-order valence-electron chi connectivity index (χ1n) is 12.8. The van der Waals surface area contributed by atoms with E-state index in [-0.39, 0.29) is 19.1 Å². The molecule has 7 heteroatoms. The Labute approximate surface area is 227 Å².